The molecule has 2 rings (SSSR count). The molecule has 1 unspecified atom stereocenters. The van der Waals surface area contributed by atoms with Crippen molar-refractivity contribution in [2.75, 3.05) is 11.1 Å². The maximum Gasteiger partial charge on any atom is 0.161 e. The van der Waals surface area contributed by atoms with Crippen LogP contribution >= 0.6 is 39.3 Å². The lowest BCUT2D eigenvalue weighted by Gasteiger charge is -2.08. The maximum absolute atomic E-state index is 5.92. The van der Waals surface area contributed by atoms with Crippen molar-refractivity contribution in [1.82, 2.24) is 0 Å². The average molecular weight is 348 g/mol. The number of anilines is 1. The van der Waals surface area contributed by atoms with Gasteiger partial charge < -0.3 is 5.32 Å². The van der Waals surface area contributed by atoms with E-state index in [-0.39, 0.29) is 0 Å². The standard InChI is InChI=1S/C13H16BrClN2S/c1-8(2)5-10-7-18-13(16-10)17-12-4-3-9(15)6-11(12)14/h3-4,6,8,10H,5,7H2,1-2H3,(H,16,17). The molecule has 1 N–H and O–H groups in total. The van der Waals surface area contributed by atoms with Gasteiger partial charge in [-0.1, -0.05) is 37.2 Å². The van der Waals surface area contributed by atoms with Gasteiger partial charge in [-0.3, -0.25) is 4.99 Å². The molecule has 0 fully saturated rings. The van der Waals surface area contributed by atoms with E-state index in [0.717, 1.165) is 32.5 Å². The van der Waals surface area contributed by atoms with E-state index < -0.39 is 0 Å². The molecule has 0 saturated heterocycles. The smallest absolute Gasteiger partial charge is 0.161 e. The lowest BCUT2D eigenvalue weighted by Crippen LogP contribution is -2.08. The Morgan fingerprint density at radius 2 is 2.33 bits per heavy atom. The first-order valence-electron chi connectivity index (χ1n) is 5.97. The summed E-state index contributed by atoms with van der Waals surface area (Å²) in [5.41, 5.74) is 1.01. The number of nitrogens with zero attached hydrogens (tertiary/aromatic N) is 1. The van der Waals surface area contributed by atoms with Crippen molar-refractivity contribution in [1.29, 1.82) is 0 Å². The van der Waals surface area contributed by atoms with Crippen molar-refractivity contribution in [3.8, 4) is 0 Å². The zero-order valence-corrected chi connectivity index (χ0v) is 13.6. The second kappa shape index (κ2) is 6.31. The summed E-state index contributed by atoms with van der Waals surface area (Å²) in [6.45, 7) is 4.47. The van der Waals surface area contributed by atoms with Crippen LogP contribution in [-0.2, 0) is 0 Å². The van der Waals surface area contributed by atoms with Crippen LogP contribution in [0.25, 0.3) is 0 Å². The third kappa shape index (κ3) is 3.90. The van der Waals surface area contributed by atoms with E-state index in [0.29, 0.717) is 12.0 Å². The molecule has 1 aliphatic rings. The van der Waals surface area contributed by atoms with Crippen LogP contribution in [0.1, 0.15) is 20.3 Å². The number of thioether (sulfide) groups is 1. The highest BCUT2D eigenvalue weighted by molar-refractivity contribution is 9.10. The molecule has 1 aromatic carbocycles. The zero-order chi connectivity index (χ0) is 13.1. The number of halogens is 2. The molecule has 1 heterocycles. The van der Waals surface area contributed by atoms with Crippen LogP contribution in [0, 0.1) is 5.92 Å². The quantitative estimate of drug-likeness (QED) is 0.829. The van der Waals surface area contributed by atoms with Gasteiger partial charge in [0.1, 0.15) is 0 Å². The van der Waals surface area contributed by atoms with E-state index >= 15 is 0 Å². The minimum Gasteiger partial charge on any atom is -0.334 e. The van der Waals surface area contributed by atoms with Gasteiger partial charge >= 0.3 is 0 Å². The summed E-state index contributed by atoms with van der Waals surface area (Å²) in [7, 11) is 0. The summed E-state index contributed by atoms with van der Waals surface area (Å²) >= 11 is 11.2. The molecule has 2 nitrogen and oxygen atoms in total. The Hall–Kier alpha value is -0.190. The van der Waals surface area contributed by atoms with Crippen molar-refractivity contribution in [2.24, 2.45) is 10.9 Å². The van der Waals surface area contributed by atoms with E-state index in [1.807, 2.05) is 18.2 Å². The summed E-state index contributed by atoms with van der Waals surface area (Å²) in [5, 5.41) is 5.08. The Morgan fingerprint density at radius 1 is 1.56 bits per heavy atom. The largest absolute Gasteiger partial charge is 0.334 e. The highest BCUT2D eigenvalue weighted by Gasteiger charge is 2.19. The molecule has 1 aliphatic heterocycles. The Bertz CT molecular complexity index is 462. The van der Waals surface area contributed by atoms with Crippen LogP contribution in [0.5, 0.6) is 0 Å². The minimum absolute atomic E-state index is 0.448. The number of aliphatic imine (C=N–C) groups is 1. The number of rotatable bonds is 3. The molecule has 0 spiro atoms. The first-order valence-corrected chi connectivity index (χ1v) is 8.13. The van der Waals surface area contributed by atoms with E-state index in [1.54, 1.807) is 11.8 Å². The van der Waals surface area contributed by atoms with Gasteiger partial charge in [-0.2, -0.15) is 0 Å². The van der Waals surface area contributed by atoms with Crippen molar-refractivity contribution < 1.29 is 0 Å². The molecule has 18 heavy (non-hydrogen) atoms. The first-order chi connectivity index (χ1) is 8.54. The monoisotopic (exact) mass is 346 g/mol. The van der Waals surface area contributed by atoms with Crippen molar-refractivity contribution in [2.45, 2.75) is 26.3 Å². The summed E-state index contributed by atoms with van der Waals surface area (Å²) in [6, 6.07) is 6.17. The van der Waals surface area contributed by atoms with Crippen LogP contribution in [-0.4, -0.2) is 17.0 Å². The molecule has 0 radical (unpaired) electrons. The molecule has 1 atom stereocenters. The molecular formula is C13H16BrClN2S. The highest BCUT2D eigenvalue weighted by atomic mass is 79.9. The number of amidine groups is 1. The first kappa shape index (κ1) is 14.2. The normalized spacial score (nSPS) is 19.2. The number of benzene rings is 1. The molecule has 98 valence electrons. The number of hydrogen-bond acceptors (Lipinski definition) is 3. The predicted octanol–water partition coefficient (Wildman–Crippen LogP) is 5.03. The van der Waals surface area contributed by atoms with E-state index in [4.69, 9.17) is 16.6 Å². The predicted molar refractivity (Wildman–Crippen MR) is 85.9 cm³/mol. The summed E-state index contributed by atoms with van der Waals surface area (Å²) in [5.74, 6) is 1.77. The summed E-state index contributed by atoms with van der Waals surface area (Å²) in [4.78, 5) is 4.70. The Kier molecular flexibility index (Phi) is 4.98. The maximum atomic E-state index is 5.92. The Balaban J connectivity index is 2.02. The third-order valence-corrected chi connectivity index (χ3v) is 4.55. The molecule has 5 heteroatoms. The molecule has 0 bridgehead atoms. The fourth-order valence-corrected chi connectivity index (χ4v) is 3.60. The van der Waals surface area contributed by atoms with Crippen molar-refractivity contribution in [3.63, 3.8) is 0 Å². The van der Waals surface area contributed by atoms with Crippen LogP contribution in [0.3, 0.4) is 0 Å². The third-order valence-electron chi connectivity index (χ3n) is 2.63. The topological polar surface area (TPSA) is 24.4 Å². The summed E-state index contributed by atoms with van der Waals surface area (Å²) in [6.07, 6.45) is 1.15. The average Bonchev–Trinajstić information content (AvgIpc) is 2.69. The van der Waals surface area contributed by atoms with Gasteiger partial charge in [0.15, 0.2) is 5.17 Å². The van der Waals surface area contributed by atoms with Crippen molar-refractivity contribution >= 4 is 50.1 Å². The van der Waals surface area contributed by atoms with Gasteiger partial charge in [-0.05, 0) is 46.5 Å². The van der Waals surface area contributed by atoms with E-state index in [9.17, 15) is 0 Å². The molecule has 1 aromatic rings. The zero-order valence-electron chi connectivity index (χ0n) is 10.4. The van der Waals surface area contributed by atoms with Crippen molar-refractivity contribution in [3.05, 3.63) is 27.7 Å². The number of hydrogen-bond donors (Lipinski definition) is 1. The Labute approximate surface area is 126 Å². The van der Waals surface area contributed by atoms with Crippen LogP contribution in [0.4, 0.5) is 5.69 Å². The van der Waals surface area contributed by atoms with Gasteiger partial charge in [0.25, 0.3) is 0 Å². The molecule has 0 aliphatic carbocycles. The summed E-state index contributed by atoms with van der Waals surface area (Å²) < 4.78 is 0.964. The minimum atomic E-state index is 0.448. The second-order valence-electron chi connectivity index (χ2n) is 4.78. The molecule has 0 amide bonds. The van der Waals surface area contributed by atoms with Crippen LogP contribution < -0.4 is 5.32 Å². The van der Waals surface area contributed by atoms with Crippen LogP contribution in [0.2, 0.25) is 5.02 Å². The lowest BCUT2D eigenvalue weighted by atomic mass is 10.1. The fourth-order valence-electron chi connectivity index (χ4n) is 1.85. The van der Waals surface area contributed by atoms with Gasteiger partial charge in [0, 0.05) is 15.2 Å². The lowest BCUT2D eigenvalue weighted by molar-refractivity contribution is 0.529. The van der Waals surface area contributed by atoms with Gasteiger partial charge in [0.05, 0.1) is 11.7 Å². The van der Waals surface area contributed by atoms with Crippen LogP contribution in [0.15, 0.2) is 27.7 Å². The van der Waals surface area contributed by atoms with E-state index in [1.165, 1.54) is 0 Å². The highest BCUT2D eigenvalue weighted by Crippen LogP contribution is 2.29. The molecule has 0 saturated carbocycles. The van der Waals surface area contributed by atoms with E-state index in [2.05, 4.69) is 35.1 Å². The molecule has 0 aromatic heterocycles. The second-order valence-corrected chi connectivity index (χ2v) is 7.08. The fraction of sp³-hybridized carbons (Fsp3) is 0.462. The van der Waals surface area contributed by atoms with Gasteiger partial charge in [-0.15, -0.1) is 0 Å². The van der Waals surface area contributed by atoms with Gasteiger partial charge in [0.2, 0.25) is 0 Å². The van der Waals surface area contributed by atoms with Gasteiger partial charge in [-0.25, -0.2) is 0 Å². The molecular weight excluding hydrogens is 332 g/mol. The Morgan fingerprint density at radius 3 is 3.00 bits per heavy atom. The SMILES string of the molecule is CC(C)CC1CSC(Nc2ccc(Cl)cc2Br)=N1. The number of nitrogens with one attached hydrogen (secondary N) is 1.